The molecule has 0 radical (unpaired) electrons. The Morgan fingerprint density at radius 1 is 1.40 bits per heavy atom. The number of nitrogens with zero attached hydrogens (tertiary/aromatic N) is 1. The molecule has 0 aromatic heterocycles. The SMILES string of the molecule is Cc1cccc(CCC(=O)N2C(C)CCCC2CN)c1. The first-order chi connectivity index (χ1) is 9.61. The summed E-state index contributed by atoms with van der Waals surface area (Å²) in [6, 6.07) is 8.98. The Morgan fingerprint density at radius 2 is 2.20 bits per heavy atom. The molecule has 1 aromatic rings. The van der Waals surface area contributed by atoms with Gasteiger partial charge in [-0.3, -0.25) is 4.79 Å². The van der Waals surface area contributed by atoms with E-state index in [2.05, 4.69) is 38.1 Å². The van der Waals surface area contributed by atoms with Crippen LogP contribution in [0.1, 0.15) is 43.7 Å². The average molecular weight is 274 g/mol. The van der Waals surface area contributed by atoms with E-state index in [4.69, 9.17) is 5.73 Å². The van der Waals surface area contributed by atoms with Gasteiger partial charge in [0.25, 0.3) is 0 Å². The quantitative estimate of drug-likeness (QED) is 0.917. The third-order valence-electron chi connectivity index (χ3n) is 4.30. The molecule has 0 spiro atoms. The van der Waals surface area contributed by atoms with Gasteiger partial charge >= 0.3 is 0 Å². The number of carbonyl (C=O) groups excluding carboxylic acids is 1. The molecule has 1 aliphatic heterocycles. The minimum atomic E-state index is 0.240. The second-order valence-corrected chi connectivity index (χ2v) is 5.96. The average Bonchev–Trinajstić information content (AvgIpc) is 2.44. The molecule has 1 heterocycles. The summed E-state index contributed by atoms with van der Waals surface area (Å²) in [5, 5.41) is 0. The second-order valence-electron chi connectivity index (χ2n) is 5.96. The van der Waals surface area contributed by atoms with Gasteiger partial charge in [-0.15, -0.1) is 0 Å². The van der Waals surface area contributed by atoms with Gasteiger partial charge in [0.2, 0.25) is 5.91 Å². The molecule has 20 heavy (non-hydrogen) atoms. The minimum Gasteiger partial charge on any atom is -0.336 e. The maximum Gasteiger partial charge on any atom is 0.223 e. The number of benzene rings is 1. The molecule has 2 rings (SSSR count). The summed E-state index contributed by atoms with van der Waals surface area (Å²) >= 11 is 0. The highest BCUT2D eigenvalue weighted by Gasteiger charge is 2.30. The van der Waals surface area contributed by atoms with Crippen molar-refractivity contribution in [2.75, 3.05) is 6.54 Å². The highest BCUT2D eigenvalue weighted by molar-refractivity contribution is 5.77. The zero-order chi connectivity index (χ0) is 14.5. The fourth-order valence-corrected chi connectivity index (χ4v) is 3.22. The smallest absolute Gasteiger partial charge is 0.223 e. The molecule has 1 aliphatic rings. The van der Waals surface area contributed by atoms with Crippen molar-refractivity contribution in [1.29, 1.82) is 0 Å². The molecule has 1 amide bonds. The molecule has 1 saturated heterocycles. The lowest BCUT2D eigenvalue weighted by molar-refractivity contribution is -0.137. The Kier molecular flexibility index (Phi) is 5.18. The van der Waals surface area contributed by atoms with E-state index in [0.717, 1.165) is 19.3 Å². The number of amides is 1. The first-order valence-corrected chi connectivity index (χ1v) is 7.68. The topological polar surface area (TPSA) is 46.3 Å². The molecule has 0 saturated carbocycles. The number of nitrogens with two attached hydrogens (primary N) is 1. The van der Waals surface area contributed by atoms with Gasteiger partial charge in [-0.05, 0) is 45.1 Å². The van der Waals surface area contributed by atoms with Crippen LogP contribution in [-0.2, 0) is 11.2 Å². The van der Waals surface area contributed by atoms with Gasteiger partial charge in [0.1, 0.15) is 0 Å². The van der Waals surface area contributed by atoms with E-state index < -0.39 is 0 Å². The maximum atomic E-state index is 12.5. The van der Waals surface area contributed by atoms with Crippen molar-refractivity contribution in [2.45, 2.75) is 58.0 Å². The van der Waals surface area contributed by atoms with Gasteiger partial charge in [-0.2, -0.15) is 0 Å². The molecule has 0 bridgehead atoms. The van der Waals surface area contributed by atoms with Gasteiger partial charge < -0.3 is 10.6 Å². The van der Waals surface area contributed by atoms with E-state index in [1.807, 2.05) is 4.90 Å². The summed E-state index contributed by atoms with van der Waals surface area (Å²) in [5.41, 5.74) is 8.32. The molecular weight excluding hydrogens is 248 g/mol. The molecule has 2 unspecified atom stereocenters. The third kappa shape index (κ3) is 3.60. The zero-order valence-electron chi connectivity index (χ0n) is 12.6. The van der Waals surface area contributed by atoms with Gasteiger partial charge in [0.15, 0.2) is 0 Å². The van der Waals surface area contributed by atoms with Crippen LogP contribution in [0.2, 0.25) is 0 Å². The monoisotopic (exact) mass is 274 g/mol. The number of piperidine rings is 1. The second kappa shape index (κ2) is 6.89. The molecule has 3 nitrogen and oxygen atoms in total. The highest BCUT2D eigenvalue weighted by Crippen LogP contribution is 2.23. The fourth-order valence-electron chi connectivity index (χ4n) is 3.22. The van der Waals surface area contributed by atoms with E-state index >= 15 is 0 Å². The minimum absolute atomic E-state index is 0.240. The summed E-state index contributed by atoms with van der Waals surface area (Å²) in [6.07, 6.45) is 4.75. The first-order valence-electron chi connectivity index (χ1n) is 7.68. The Bertz CT molecular complexity index is 458. The summed E-state index contributed by atoms with van der Waals surface area (Å²) in [5.74, 6) is 0.258. The summed E-state index contributed by atoms with van der Waals surface area (Å²) in [4.78, 5) is 14.5. The number of hydrogen-bond acceptors (Lipinski definition) is 2. The van der Waals surface area contributed by atoms with Gasteiger partial charge in [-0.1, -0.05) is 29.8 Å². The van der Waals surface area contributed by atoms with E-state index in [0.29, 0.717) is 19.0 Å². The van der Waals surface area contributed by atoms with Crippen molar-refractivity contribution >= 4 is 5.91 Å². The van der Waals surface area contributed by atoms with Gasteiger partial charge in [0, 0.05) is 25.0 Å². The van der Waals surface area contributed by atoms with Crippen LogP contribution in [0.4, 0.5) is 0 Å². The summed E-state index contributed by atoms with van der Waals surface area (Å²) in [7, 11) is 0. The van der Waals surface area contributed by atoms with Crippen LogP contribution in [0, 0.1) is 6.92 Å². The predicted octanol–water partition coefficient (Wildman–Crippen LogP) is 2.66. The largest absolute Gasteiger partial charge is 0.336 e. The van der Waals surface area contributed by atoms with Crippen LogP contribution in [-0.4, -0.2) is 29.4 Å². The fraction of sp³-hybridized carbons (Fsp3) is 0.588. The summed E-state index contributed by atoms with van der Waals surface area (Å²) < 4.78 is 0. The van der Waals surface area contributed by atoms with Crippen LogP contribution >= 0.6 is 0 Å². The first kappa shape index (κ1) is 15.0. The van der Waals surface area contributed by atoms with E-state index in [-0.39, 0.29) is 11.9 Å². The molecule has 0 aliphatic carbocycles. The number of hydrogen-bond donors (Lipinski definition) is 1. The Labute approximate surface area is 122 Å². The molecule has 1 aromatic carbocycles. The number of likely N-dealkylation sites (tertiary alicyclic amines) is 1. The van der Waals surface area contributed by atoms with Crippen LogP contribution < -0.4 is 5.73 Å². The van der Waals surface area contributed by atoms with Crippen molar-refractivity contribution in [3.05, 3.63) is 35.4 Å². The van der Waals surface area contributed by atoms with Crippen LogP contribution in [0.25, 0.3) is 0 Å². The lowest BCUT2D eigenvalue weighted by Crippen LogP contribution is -2.51. The normalized spacial score (nSPS) is 22.9. The van der Waals surface area contributed by atoms with Crippen LogP contribution in [0.5, 0.6) is 0 Å². The highest BCUT2D eigenvalue weighted by atomic mass is 16.2. The standard InChI is InChI=1S/C17H26N2O/c1-13-5-3-7-15(11-13)9-10-17(20)19-14(2)6-4-8-16(19)12-18/h3,5,7,11,14,16H,4,6,8-10,12,18H2,1-2H3. The van der Waals surface area contributed by atoms with Crippen molar-refractivity contribution in [1.82, 2.24) is 4.90 Å². The van der Waals surface area contributed by atoms with Crippen molar-refractivity contribution in [3.8, 4) is 0 Å². The lowest BCUT2D eigenvalue weighted by Gasteiger charge is -2.40. The number of rotatable bonds is 4. The molecular formula is C17H26N2O. The predicted molar refractivity (Wildman–Crippen MR) is 82.5 cm³/mol. The molecule has 1 fully saturated rings. The van der Waals surface area contributed by atoms with E-state index in [9.17, 15) is 4.79 Å². The maximum absolute atomic E-state index is 12.5. The van der Waals surface area contributed by atoms with Crippen LogP contribution in [0.15, 0.2) is 24.3 Å². The third-order valence-corrected chi connectivity index (χ3v) is 4.30. The Balaban J connectivity index is 1.96. The van der Waals surface area contributed by atoms with Gasteiger partial charge in [-0.25, -0.2) is 0 Å². The Morgan fingerprint density at radius 3 is 2.90 bits per heavy atom. The van der Waals surface area contributed by atoms with E-state index in [1.165, 1.54) is 17.5 Å². The van der Waals surface area contributed by atoms with Crippen LogP contribution in [0.3, 0.4) is 0 Å². The zero-order valence-corrected chi connectivity index (χ0v) is 12.6. The van der Waals surface area contributed by atoms with Crippen molar-refractivity contribution < 1.29 is 4.79 Å². The Hall–Kier alpha value is -1.35. The van der Waals surface area contributed by atoms with E-state index in [1.54, 1.807) is 0 Å². The van der Waals surface area contributed by atoms with Crippen molar-refractivity contribution in [2.24, 2.45) is 5.73 Å². The van der Waals surface area contributed by atoms with Crippen molar-refractivity contribution in [3.63, 3.8) is 0 Å². The molecule has 110 valence electrons. The summed E-state index contributed by atoms with van der Waals surface area (Å²) in [6.45, 7) is 4.81. The lowest BCUT2D eigenvalue weighted by atomic mass is 9.95. The van der Waals surface area contributed by atoms with Gasteiger partial charge in [0.05, 0.1) is 0 Å². The molecule has 3 heteroatoms. The molecule has 2 N–H and O–H groups in total. The number of aryl methyl sites for hydroxylation is 2. The number of carbonyl (C=O) groups is 1. The molecule has 2 atom stereocenters.